The Morgan fingerprint density at radius 3 is 2.53 bits per heavy atom. The first-order valence-electron chi connectivity index (χ1n) is 7.01. The van der Waals surface area contributed by atoms with Gasteiger partial charge in [-0.1, -0.05) is 12.1 Å². The van der Waals surface area contributed by atoms with Gasteiger partial charge in [-0.25, -0.2) is 0 Å². The number of rotatable bonds is 6. The molecule has 3 N–H and O–H groups in total. The topological polar surface area (TPSA) is 58.4 Å². The van der Waals surface area contributed by atoms with Gasteiger partial charge >= 0.3 is 0 Å². The molecule has 0 radical (unpaired) electrons. The van der Waals surface area contributed by atoms with Crippen LogP contribution in [0.2, 0.25) is 0 Å². The van der Waals surface area contributed by atoms with Gasteiger partial charge in [0.15, 0.2) is 0 Å². The molecule has 4 nitrogen and oxygen atoms in total. The molecule has 1 aromatic rings. The van der Waals surface area contributed by atoms with Crippen LogP contribution in [0.15, 0.2) is 24.3 Å². The fourth-order valence-corrected chi connectivity index (χ4v) is 2.19. The molecule has 1 atom stereocenters. The first-order chi connectivity index (χ1) is 9.15. The number of carbonyl (C=O) groups is 1. The molecule has 0 spiro atoms. The van der Waals surface area contributed by atoms with E-state index in [1.165, 1.54) is 0 Å². The lowest BCUT2D eigenvalue weighted by Gasteiger charge is -2.29. The molecule has 19 heavy (non-hydrogen) atoms. The quantitative estimate of drug-likeness (QED) is 0.818. The number of nitrogens with one attached hydrogen (secondary N) is 1. The number of hydrogen-bond acceptors (Lipinski definition) is 3. The van der Waals surface area contributed by atoms with E-state index in [1.807, 2.05) is 31.2 Å². The summed E-state index contributed by atoms with van der Waals surface area (Å²) in [6.45, 7) is 5.38. The maximum Gasteiger partial charge on any atom is 0.242 e. The largest absolute Gasteiger partial charge is 0.360 e. The Kier molecular flexibility index (Phi) is 4.43. The Balaban J connectivity index is 2.05. The van der Waals surface area contributed by atoms with E-state index in [1.54, 1.807) is 0 Å². The molecule has 1 aliphatic rings. The van der Waals surface area contributed by atoms with Gasteiger partial charge in [0.2, 0.25) is 5.91 Å². The molecular formula is C15H23N3O. The van der Waals surface area contributed by atoms with Crippen LogP contribution in [0.25, 0.3) is 0 Å². The highest BCUT2D eigenvalue weighted by Gasteiger charge is 2.27. The Labute approximate surface area is 115 Å². The predicted octanol–water partition coefficient (Wildman–Crippen LogP) is 1.64. The zero-order chi connectivity index (χ0) is 13.8. The van der Waals surface area contributed by atoms with Gasteiger partial charge in [0, 0.05) is 24.8 Å². The lowest BCUT2D eigenvalue weighted by molar-refractivity contribution is -0.122. The monoisotopic (exact) mass is 261 g/mol. The first-order valence-corrected chi connectivity index (χ1v) is 7.01. The van der Waals surface area contributed by atoms with E-state index >= 15 is 0 Å². The molecule has 1 unspecified atom stereocenters. The van der Waals surface area contributed by atoms with Crippen molar-refractivity contribution >= 4 is 11.6 Å². The molecule has 1 aliphatic carbocycles. The van der Waals surface area contributed by atoms with E-state index in [0.29, 0.717) is 12.6 Å². The number of benzene rings is 1. The van der Waals surface area contributed by atoms with Crippen molar-refractivity contribution < 1.29 is 4.79 Å². The minimum absolute atomic E-state index is 0.118. The Bertz CT molecular complexity index is 426. The molecule has 0 aliphatic heterocycles. The predicted molar refractivity (Wildman–Crippen MR) is 78.0 cm³/mol. The lowest BCUT2D eigenvalue weighted by atomic mass is 10.1. The van der Waals surface area contributed by atoms with Crippen molar-refractivity contribution in [3.8, 4) is 0 Å². The summed E-state index contributed by atoms with van der Waals surface area (Å²) in [6.07, 6.45) is 2.24. The van der Waals surface area contributed by atoms with Gasteiger partial charge in [-0.3, -0.25) is 4.79 Å². The van der Waals surface area contributed by atoms with Gasteiger partial charge in [-0.05, 0) is 44.4 Å². The van der Waals surface area contributed by atoms with Crippen LogP contribution in [-0.4, -0.2) is 24.5 Å². The standard InChI is InChI=1S/C15H23N3O/c1-3-18(11(2)15(19)17-13-6-7-13)14-8-4-12(10-16)5-9-14/h4-5,8-9,11,13H,3,6-7,10,16H2,1-2H3,(H,17,19). The molecule has 4 heteroatoms. The van der Waals surface area contributed by atoms with Gasteiger partial charge in [0.1, 0.15) is 6.04 Å². The zero-order valence-corrected chi connectivity index (χ0v) is 11.7. The molecular weight excluding hydrogens is 238 g/mol. The second-order valence-electron chi connectivity index (χ2n) is 5.12. The number of amides is 1. The maximum atomic E-state index is 12.1. The van der Waals surface area contributed by atoms with Crippen molar-refractivity contribution in [2.75, 3.05) is 11.4 Å². The average molecular weight is 261 g/mol. The summed E-state index contributed by atoms with van der Waals surface area (Å²) in [5.41, 5.74) is 7.77. The van der Waals surface area contributed by atoms with Crippen molar-refractivity contribution in [3.05, 3.63) is 29.8 Å². The van der Waals surface area contributed by atoms with E-state index in [2.05, 4.69) is 17.1 Å². The fourth-order valence-electron chi connectivity index (χ4n) is 2.19. The number of anilines is 1. The Morgan fingerprint density at radius 2 is 2.05 bits per heavy atom. The minimum atomic E-state index is -0.144. The highest BCUT2D eigenvalue weighted by Crippen LogP contribution is 2.21. The van der Waals surface area contributed by atoms with Gasteiger partial charge in [0.25, 0.3) is 0 Å². The molecule has 0 aromatic heterocycles. The van der Waals surface area contributed by atoms with Crippen molar-refractivity contribution in [1.82, 2.24) is 5.32 Å². The highest BCUT2D eigenvalue weighted by atomic mass is 16.2. The van der Waals surface area contributed by atoms with Crippen molar-refractivity contribution in [2.45, 2.75) is 45.3 Å². The van der Waals surface area contributed by atoms with Crippen LogP contribution in [0.5, 0.6) is 0 Å². The number of hydrogen-bond donors (Lipinski definition) is 2. The van der Waals surface area contributed by atoms with E-state index < -0.39 is 0 Å². The maximum absolute atomic E-state index is 12.1. The smallest absolute Gasteiger partial charge is 0.242 e. The molecule has 1 aromatic carbocycles. The fraction of sp³-hybridized carbons (Fsp3) is 0.533. The third-order valence-electron chi connectivity index (χ3n) is 3.62. The summed E-state index contributed by atoms with van der Waals surface area (Å²) < 4.78 is 0. The number of carbonyl (C=O) groups excluding carboxylic acids is 1. The summed E-state index contributed by atoms with van der Waals surface area (Å²) in [5, 5.41) is 3.06. The van der Waals surface area contributed by atoms with E-state index in [4.69, 9.17) is 5.73 Å². The molecule has 1 fully saturated rings. The molecule has 1 amide bonds. The second kappa shape index (κ2) is 6.06. The van der Waals surface area contributed by atoms with Crippen molar-refractivity contribution in [3.63, 3.8) is 0 Å². The summed E-state index contributed by atoms with van der Waals surface area (Å²) in [5.74, 6) is 0.118. The number of likely N-dealkylation sites (N-methyl/N-ethyl adjacent to an activating group) is 1. The normalized spacial score (nSPS) is 15.9. The van der Waals surface area contributed by atoms with Crippen LogP contribution in [-0.2, 0) is 11.3 Å². The van der Waals surface area contributed by atoms with Gasteiger partial charge in [0.05, 0.1) is 0 Å². The summed E-state index contributed by atoms with van der Waals surface area (Å²) in [7, 11) is 0. The minimum Gasteiger partial charge on any atom is -0.360 e. The SMILES string of the molecule is CCN(c1ccc(CN)cc1)C(C)C(=O)NC1CC1. The van der Waals surface area contributed by atoms with Crippen LogP contribution in [0.1, 0.15) is 32.3 Å². The summed E-state index contributed by atoms with van der Waals surface area (Å²) in [4.78, 5) is 14.2. The van der Waals surface area contributed by atoms with Crippen LogP contribution in [0, 0.1) is 0 Å². The average Bonchev–Trinajstić information content (AvgIpc) is 3.24. The van der Waals surface area contributed by atoms with Crippen LogP contribution < -0.4 is 16.0 Å². The van der Waals surface area contributed by atoms with E-state index in [-0.39, 0.29) is 11.9 Å². The van der Waals surface area contributed by atoms with E-state index in [9.17, 15) is 4.79 Å². The summed E-state index contributed by atoms with van der Waals surface area (Å²) in [6, 6.07) is 8.37. The number of nitrogens with two attached hydrogens (primary N) is 1. The van der Waals surface area contributed by atoms with Gasteiger partial charge < -0.3 is 16.0 Å². The Morgan fingerprint density at radius 1 is 1.42 bits per heavy atom. The first kappa shape index (κ1) is 13.9. The van der Waals surface area contributed by atoms with Crippen LogP contribution in [0.3, 0.4) is 0 Å². The highest BCUT2D eigenvalue weighted by molar-refractivity contribution is 5.85. The third kappa shape index (κ3) is 3.47. The molecule has 104 valence electrons. The van der Waals surface area contributed by atoms with E-state index in [0.717, 1.165) is 30.6 Å². The van der Waals surface area contributed by atoms with Crippen LogP contribution >= 0.6 is 0 Å². The van der Waals surface area contributed by atoms with Gasteiger partial charge in [-0.2, -0.15) is 0 Å². The molecule has 0 saturated heterocycles. The molecule has 0 heterocycles. The molecule has 0 bridgehead atoms. The summed E-state index contributed by atoms with van der Waals surface area (Å²) >= 11 is 0. The van der Waals surface area contributed by atoms with Crippen molar-refractivity contribution in [1.29, 1.82) is 0 Å². The lowest BCUT2D eigenvalue weighted by Crippen LogP contribution is -2.46. The number of nitrogens with zero attached hydrogens (tertiary/aromatic N) is 1. The third-order valence-corrected chi connectivity index (χ3v) is 3.62. The second-order valence-corrected chi connectivity index (χ2v) is 5.12. The molecule has 1 saturated carbocycles. The van der Waals surface area contributed by atoms with Gasteiger partial charge in [-0.15, -0.1) is 0 Å². The molecule has 2 rings (SSSR count). The zero-order valence-electron chi connectivity index (χ0n) is 11.7. The van der Waals surface area contributed by atoms with Crippen molar-refractivity contribution in [2.24, 2.45) is 5.73 Å². The van der Waals surface area contributed by atoms with Crippen LogP contribution in [0.4, 0.5) is 5.69 Å². The Hall–Kier alpha value is -1.55.